The second kappa shape index (κ2) is 14.3. The average Bonchev–Trinajstić information content (AvgIpc) is 2.80. The van der Waals surface area contributed by atoms with E-state index in [4.69, 9.17) is 9.47 Å². The number of ether oxygens (including phenoxy) is 2. The molecule has 0 spiro atoms. The first kappa shape index (κ1) is 29.7. The maximum absolute atomic E-state index is 10.8. The summed E-state index contributed by atoms with van der Waals surface area (Å²) in [5.74, 6) is 3.83. The van der Waals surface area contributed by atoms with E-state index in [2.05, 4.69) is 48.1 Å². The molecule has 0 amide bonds. The molecular weight excluding hydrogens is 432 g/mol. The Bertz CT molecular complexity index is 797. The van der Waals surface area contributed by atoms with Crippen molar-refractivity contribution in [1.82, 2.24) is 0 Å². The Morgan fingerprint density at radius 1 is 0.971 bits per heavy atom. The molecule has 0 aliphatic carbocycles. The Morgan fingerprint density at radius 2 is 1.57 bits per heavy atom. The second-order valence-electron chi connectivity index (χ2n) is 12.1. The number of hydrogen-bond donors (Lipinski definition) is 1. The van der Waals surface area contributed by atoms with E-state index in [1.54, 1.807) is 6.08 Å². The molecule has 0 saturated heterocycles. The topological polar surface area (TPSA) is 38.7 Å². The summed E-state index contributed by atoms with van der Waals surface area (Å²) in [5.41, 5.74) is 3.84. The van der Waals surface area contributed by atoms with Gasteiger partial charge in [-0.15, -0.1) is 6.58 Å². The molecular formula is C32H54O3. The zero-order chi connectivity index (χ0) is 26.0. The average molecular weight is 487 g/mol. The number of hydrogen-bond acceptors (Lipinski definition) is 3. The van der Waals surface area contributed by atoms with Gasteiger partial charge in [0.1, 0.15) is 17.1 Å². The summed E-state index contributed by atoms with van der Waals surface area (Å²) in [7, 11) is 0. The van der Waals surface area contributed by atoms with Gasteiger partial charge >= 0.3 is 0 Å². The van der Waals surface area contributed by atoms with Gasteiger partial charge in [0.15, 0.2) is 0 Å². The highest BCUT2D eigenvalue weighted by molar-refractivity contribution is 5.58. The lowest BCUT2D eigenvalue weighted by atomic mass is 9.83. The first-order valence-electron chi connectivity index (χ1n) is 14.3. The Hall–Kier alpha value is -1.48. The fraction of sp³-hybridized carbons (Fsp3) is 0.750. The molecule has 3 nitrogen and oxygen atoms in total. The zero-order valence-electron chi connectivity index (χ0n) is 24.0. The van der Waals surface area contributed by atoms with E-state index >= 15 is 0 Å². The zero-order valence-corrected chi connectivity index (χ0v) is 24.0. The largest absolute Gasteiger partial charge is 0.507 e. The lowest BCUT2D eigenvalue weighted by Gasteiger charge is -2.38. The van der Waals surface area contributed by atoms with E-state index < -0.39 is 0 Å². The Kier molecular flexibility index (Phi) is 12.2. The van der Waals surface area contributed by atoms with Gasteiger partial charge in [0.25, 0.3) is 0 Å². The summed E-state index contributed by atoms with van der Waals surface area (Å²) in [6.45, 7) is 20.4. The van der Waals surface area contributed by atoms with Crippen LogP contribution in [0.4, 0.5) is 0 Å². The summed E-state index contributed by atoms with van der Waals surface area (Å²) in [4.78, 5) is 0. The third kappa shape index (κ3) is 9.16. The number of aromatic hydroxyl groups is 1. The van der Waals surface area contributed by atoms with Gasteiger partial charge in [0, 0.05) is 11.1 Å². The third-order valence-corrected chi connectivity index (χ3v) is 8.19. The van der Waals surface area contributed by atoms with Gasteiger partial charge in [0.05, 0.1) is 13.2 Å². The Balaban J connectivity index is 1.84. The maximum Gasteiger partial charge on any atom is 0.127 e. The van der Waals surface area contributed by atoms with Gasteiger partial charge in [-0.2, -0.15) is 0 Å². The van der Waals surface area contributed by atoms with Crippen molar-refractivity contribution in [2.75, 3.05) is 6.61 Å². The normalized spacial score (nSPS) is 19.3. The Morgan fingerprint density at radius 3 is 2.17 bits per heavy atom. The highest BCUT2D eigenvalue weighted by atomic mass is 16.5. The number of benzene rings is 1. The van der Waals surface area contributed by atoms with E-state index in [0.29, 0.717) is 19.0 Å². The minimum absolute atomic E-state index is 0.134. The van der Waals surface area contributed by atoms with Crippen molar-refractivity contribution in [2.24, 2.45) is 17.8 Å². The predicted octanol–water partition coefficient (Wildman–Crippen LogP) is 9.23. The fourth-order valence-corrected chi connectivity index (χ4v) is 5.55. The van der Waals surface area contributed by atoms with E-state index in [9.17, 15) is 5.11 Å². The van der Waals surface area contributed by atoms with Crippen LogP contribution in [0.25, 0.3) is 0 Å². The molecule has 1 heterocycles. The number of phenolic OH excluding ortho intramolecular Hbond substituents is 1. The van der Waals surface area contributed by atoms with Crippen LogP contribution in [0.3, 0.4) is 0 Å². The van der Waals surface area contributed by atoms with Gasteiger partial charge in [-0.3, -0.25) is 0 Å². The molecule has 0 aromatic heterocycles. The molecule has 1 N–H and O–H groups in total. The molecule has 2 rings (SSSR count). The molecule has 0 fully saturated rings. The van der Waals surface area contributed by atoms with Gasteiger partial charge in [-0.1, -0.05) is 78.7 Å². The lowest BCUT2D eigenvalue weighted by Crippen LogP contribution is -2.37. The van der Waals surface area contributed by atoms with Crippen LogP contribution >= 0.6 is 0 Å². The van der Waals surface area contributed by atoms with Crippen molar-refractivity contribution in [3.05, 3.63) is 34.9 Å². The van der Waals surface area contributed by atoms with Crippen LogP contribution in [0.15, 0.2) is 12.7 Å². The van der Waals surface area contributed by atoms with Crippen LogP contribution in [0.5, 0.6) is 11.5 Å². The monoisotopic (exact) mass is 486 g/mol. The minimum Gasteiger partial charge on any atom is -0.507 e. The molecule has 1 aliphatic rings. The molecule has 1 aromatic rings. The highest BCUT2D eigenvalue weighted by Gasteiger charge is 2.35. The van der Waals surface area contributed by atoms with Crippen LogP contribution in [0.2, 0.25) is 0 Å². The van der Waals surface area contributed by atoms with Crippen molar-refractivity contribution >= 4 is 0 Å². The first-order valence-corrected chi connectivity index (χ1v) is 14.3. The summed E-state index contributed by atoms with van der Waals surface area (Å²) < 4.78 is 12.4. The van der Waals surface area contributed by atoms with Crippen molar-refractivity contribution < 1.29 is 14.6 Å². The van der Waals surface area contributed by atoms with Crippen LogP contribution < -0.4 is 4.74 Å². The molecule has 0 radical (unpaired) electrons. The molecule has 3 atom stereocenters. The van der Waals surface area contributed by atoms with Crippen molar-refractivity contribution in [1.29, 1.82) is 0 Å². The third-order valence-electron chi connectivity index (χ3n) is 8.19. The van der Waals surface area contributed by atoms with E-state index in [-0.39, 0.29) is 5.60 Å². The second-order valence-corrected chi connectivity index (χ2v) is 12.1. The van der Waals surface area contributed by atoms with Crippen LogP contribution in [0.1, 0.15) is 121 Å². The molecule has 0 saturated carbocycles. The lowest BCUT2D eigenvalue weighted by molar-refractivity contribution is 0.0500. The fourth-order valence-electron chi connectivity index (χ4n) is 5.55. The maximum atomic E-state index is 10.8. The van der Waals surface area contributed by atoms with Crippen molar-refractivity contribution in [3.63, 3.8) is 0 Å². The summed E-state index contributed by atoms with van der Waals surface area (Å²) >= 11 is 0. The van der Waals surface area contributed by atoms with E-state index in [0.717, 1.165) is 65.0 Å². The highest BCUT2D eigenvalue weighted by Crippen LogP contribution is 2.45. The molecule has 1 aromatic carbocycles. The molecule has 35 heavy (non-hydrogen) atoms. The van der Waals surface area contributed by atoms with Crippen LogP contribution in [-0.4, -0.2) is 17.3 Å². The molecule has 1 aliphatic heterocycles. The van der Waals surface area contributed by atoms with Gasteiger partial charge < -0.3 is 14.6 Å². The Labute approximate surface area is 216 Å². The predicted molar refractivity (Wildman–Crippen MR) is 150 cm³/mol. The van der Waals surface area contributed by atoms with Gasteiger partial charge in [-0.05, 0) is 75.3 Å². The first-order chi connectivity index (χ1) is 16.6. The molecule has 200 valence electrons. The molecule has 0 unspecified atom stereocenters. The summed E-state index contributed by atoms with van der Waals surface area (Å²) in [6, 6.07) is 0. The van der Waals surface area contributed by atoms with Crippen molar-refractivity contribution in [2.45, 2.75) is 131 Å². The number of rotatable bonds is 16. The standard InChI is InChI=1S/C32H54O3/c1-9-21-34-22-29-28-18-20-32(8,35-31(28)27(7)26(6)30(29)33)19-12-17-25(5)16-11-15-24(4)14-10-13-23(2)3/h9,23-25,33H,1,10-22H2,2-8H3/t24-,25-,32-/m1/s1. The smallest absolute Gasteiger partial charge is 0.127 e. The van der Waals surface area contributed by atoms with Crippen molar-refractivity contribution in [3.8, 4) is 11.5 Å². The van der Waals surface area contributed by atoms with E-state index in [1.807, 2.05) is 6.92 Å². The van der Waals surface area contributed by atoms with Gasteiger partial charge in [0.2, 0.25) is 0 Å². The number of phenols is 1. The SMILES string of the molecule is C=CCOCc1c(O)c(C)c(C)c2c1CC[C@@](C)(CCC[C@H](C)CCC[C@H](C)CCCC(C)C)O2. The quantitative estimate of drug-likeness (QED) is 0.187. The van der Waals surface area contributed by atoms with Crippen LogP contribution in [0, 0.1) is 31.6 Å². The summed E-state index contributed by atoms with van der Waals surface area (Å²) in [5, 5.41) is 10.8. The van der Waals surface area contributed by atoms with Crippen LogP contribution in [-0.2, 0) is 17.8 Å². The van der Waals surface area contributed by atoms with E-state index in [1.165, 1.54) is 51.4 Å². The summed E-state index contributed by atoms with van der Waals surface area (Å²) in [6.07, 6.45) is 15.5. The molecule has 0 bridgehead atoms. The number of fused-ring (bicyclic) bond motifs is 1. The minimum atomic E-state index is -0.134. The van der Waals surface area contributed by atoms with Gasteiger partial charge in [-0.25, -0.2) is 0 Å². The molecule has 3 heteroatoms.